The van der Waals surface area contributed by atoms with Crippen LogP contribution in [0.25, 0.3) is 11.1 Å². The van der Waals surface area contributed by atoms with Crippen LogP contribution in [0.15, 0.2) is 30.3 Å². The molecular formula is C18H22O2. The van der Waals surface area contributed by atoms with Crippen molar-refractivity contribution in [1.29, 1.82) is 0 Å². The molecule has 0 amide bonds. The van der Waals surface area contributed by atoms with Gasteiger partial charge >= 0.3 is 0 Å². The lowest BCUT2D eigenvalue weighted by molar-refractivity contribution is 0.404. The molecule has 0 heterocycles. The Kier molecular flexibility index (Phi) is 4.33. The molecule has 0 aliphatic heterocycles. The fourth-order valence-electron chi connectivity index (χ4n) is 2.69. The predicted molar refractivity (Wildman–Crippen MR) is 83.3 cm³/mol. The van der Waals surface area contributed by atoms with Crippen LogP contribution in [0.4, 0.5) is 0 Å². The first-order chi connectivity index (χ1) is 9.62. The average Bonchev–Trinajstić information content (AvgIpc) is 2.49. The van der Waals surface area contributed by atoms with Crippen LogP contribution in [0.2, 0.25) is 0 Å². The zero-order valence-electron chi connectivity index (χ0n) is 12.4. The predicted octanol–water partition coefficient (Wildman–Crippen LogP) is 4.45. The van der Waals surface area contributed by atoms with E-state index in [0.717, 1.165) is 36.0 Å². The summed E-state index contributed by atoms with van der Waals surface area (Å²) in [6, 6.07) is 9.72. The quantitative estimate of drug-likeness (QED) is 0.806. The third-order valence-electron chi connectivity index (χ3n) is 3.88. The largest absolute Gasteiger partial charge is 0.504 e. The number of phenols is 2. The minimum absolute atomic E-state index is 0.0179. The van der Waals surface area contributed by atoms with E-state index in [4.69, 9.17) is 0 Å². The van der Waals surface area contributed by atoms with Gasteiger partial charge in [0.1, 0.15) is 0 Å². The van der Waals surface area contributed by atoms with Crippen LogP contribution in [-0.2, 0) is 19.3 Å². The minimum Gasteiger partial charge on any atom is -0.504 e. The molecular weight excluding hydrogens is 248 g/mol. The van der Waals surface area contributed by atoms with Gasteiger partial charge < -0.3 is 10.2 Å². The number of phenolic OH excluding ortho intramolecular Hbond substituents is 2. The second-order valence-electron chi connectivity index (χ2n) is 5.01. The van der Waals surface area contributed by atoms with Gasteiger partial charge in [-0.15, -0.1) is 0 Å². The van der Waals surface area contributed by atoms with Gasteiger partial charge in [0.25, 0.3) is 0 Å². The second kappa shape index (κ2) is 6.00. The van der Waals surface area contributed by atoms with Crippen molar-refractivity contribution in [3.8, 4) is 22.6 Å². The summed E-state index contributed by atoms with van der Waals surface area (Å²) in [5.41, 5.74) is 5.42. The highest BCUT2D eigenvalue weighted by Crippen LogP contribution is 2.40. The maximum atomic E-state index is 10.2. The number of aromatic hydroxyl groups is 2. The van der Waals surface area contributed by atoms with Crippen LogP contribution < -0.4 is 0 Å². The average molecular weight is 270 g/mol. The Hall–Kier alpha value is -1.96. The molecule has 0 aliphatic carbocycles. The van der Waals surface area contributed by atoms with Gasteiger partial charge in [0.05, 0.1) is 0 Å². The number of benzene rings is 2. The molecule has 0 fully saturated rings. The Labute approximate surface area is 120 Å². The van der Waals surface area contributed by atoms with Crippen LogP contribution >= 0.6 is 0 Å². The van der Waals surface area contributed by atoms with E-state index in [2.05, 4.69) is 32.9 Å². The van der Waals surface area contributed by atoms with Gasteiger partial charge in [-0.1, -0.05) is 45.0 Å². The topological polar surface area (TPSA) is 40.5 Å². The summed E-state index contributed by atoms with van der Waals surface area (Å²) in [7, 11) is 0. The maximum absolute atomic E-state index is 10.2. The zero-order valence-corrected chi connectivity index (χ0v) is 12.4. The molecule has 0 bridgehead atoms. The van der Waals surface area contributed by atoms with Crippen molar-refractivity contribution in [2.75, 3.05) is 0 Å². The fourth-order valence-corrected chi connectivity index (χ4v) is 2.69. The van der Waals surface area contributed by atoms with E-state index in [1.807, 2.05) is 12.1 Å². The highest BCUT2D eigenvalue weighted by Gasteiger charge is 2.14. The van der Waals surface area contributed by atoms with Crippen molar-refractivity contribution in [2.24, 2.45) is 0 Å². The fraction of sp³-hybridized carbons (Fsp3) is 0.333. The molecule has 0 unspecified atom stereocenters. The highest BCUT2D eigenvalue weighted by atomic mass is 16.3. The van der Waals surface area contributed by atoms with E-state index in [1.54, 1.807) is 6.07 Å². The molecule has 0 radical (unpaired) electrons. The molecule has 0 saturated heterocycles. The maximum Gasteiger partial charge on any atom is 0.165 e. The van der Waals surface area contributed by atoms with Gasteiger partial charge in [-0.2, -0.15) is 0 Å². The molecule has 2 N–H and O–H groups in total. The lowest BCUT2D eigenvalue weighted by Gasteiger charge is -2.14. The van der Waals surface area contributed by atoms with Crippen LogP contribution in [0.1, 0.15) is 37.5 Å². The molecule has 0 aliphatic rings. The molecule has 0 atom stereocenters. The second-order valence-corrected chi connectivity index (χ2v) is 5.01. The first kappa shape index (κ1) is 14.4. The first-order valence-electron chi connectivity index (χ1n) is 7.28. The van der Waals surface area contributed by atoms with Gasteiger partial charge in [-0.25, -0.2) is 0 Å². The van der Waals surface area contributed by atoms with E-state index >= 15 is 0 Å². The van der Waals surface area contributed by atoms with Crippen molar-refractivity contribution < 1.29 is 10.2 Å². The van der Waals surface area contributed by atoms with Gasteiger partial charge in [0.2, 0.25) is 0 Å². The number of hydrogen-bond donors (Lipinski definition) is 2. The van der Waals surface area contributed by atoms with E-state index in [0.29, 0.717) is 0 Å². The van der Waals surface area contributed by atoms with Crippen molar-refractivity contribution in [2.45, 2.75) is 40.0 Å². The van der Waals surface area contributed by atoms with Gasteiger partial charge in [-0.3, -0.25) is 0 Å². The normalized spacial score (nSPS) is 10.8. The molecule has 2 nitrogen and oxygen atoms in total. The Bertz CT molecular complexity index is 615. The minimum atomic E-state index is -0.0604. The molecule has 2 aromatic rings. The van der Waals surface area contributed by atoms with Gasteiger partial charge in [0, 0.05) is 5.56 Å². The van der Waals surface area contributed by atoms with Gasteiger partial charge in [-0.05, 0) is 47.6 Å². The van der Waals surface area contributed by atoms with E-state index in [1.165, 1.54) is 11.1 Å². The summed E-state index contributed by atoms with van der Waals surface area (Å²) >= 11 is 0. The Balaban J connectivity index is 2.65. The zero-order chi connectivity index (χ0) is 14.7. The molecule has 2 rings (SSSR count). The van der Waals surface area contributed by atoms with Crippen LogP contribution in [0, 0.1) is 0 Å². The first-order valence-corrected chi connectivity index (χ1v) is 7.28. The standard InChI is InChI=1S/C18H22O2/c1-4-12-7-8-15(11-14(12)6-3)17-13(5-2)9-10-16(19)18(17)20/h7-11,19-20H,4-6H2,1-3H3. The van der Waals surface area contributed by atoms with Crippen LogP contribution in [0.5, 0.6) is 11.5 Å². The molecule has 2 aromatic carbocycles. The third-order valence-corrected chi connectivity index (χ3v) is 3.88. The Morgan fingerprint density at radius 1 is 0.750 bits per heavy atom. The van der Waals surface area contributed by atoms with Crippen molar-refractivity contribution in [3.63, 3.8) is 0 Å². The van der Waals surface area contributed by atoms with E-state index in [-0.39, 0.29) is 11.5 Å². The number of hydrogen-bond acceptors (Lipinski definition) is 2. The van der Waals surface area contributed by atoms with Gasteiger partial charge in [0.15, 0.2) is 11.5 Å². The lowest BCUT2D eigenvalue weighted by atomic mass is 9.92. The molecule has 0 aromatic heterocycles. The molecule has 0 saturated carbocycles. The monoisotopic (exact) mass is 270 g/mol. The smallest absolute Gasteiger partial charge is 0.165 e. The number of rotatable bonds is 4. The SMILES string of the molecule is CCc1ccc(-c2c(CC)ccc(O)c2O)cc1CC. The van der Waals surface area contributed by atoms with Crippen molar-refractivity contribution in [3.05, 3.63) is 47.0 Å². The Morgan fingerprint density at radius 2 is 1.35 bits per heavy atom. The lowest BCUT2D eigenvalue weighted by Crippen LogP contribution is -1.94. The third kappa shape index (κ3) is 2.51. The van der Waals surface area contributed by atoms with Crippen molar-refractivity contribution in [1.82, 2.24) is 0 Å². The highest BCUT2D eigenvalue weighted by molar-refractivity contribution is 5.77. The molecule has 0 spiro atoms. The number of aryl methyl sites for hydroxylation is 3. The summed E-state index contributed by atoms with van der Waals surface area (Å²) in [6.07, 6.45) is 2.80. The summed E-state index contributed by atoms with van der Waals surface area (Å²) < 4.78 is 0. The molecule has 2 heteroatoms. The summed E-state index contributed by atoms with van der Waals surface area (Å²) in [5, 5.41) is 20.0. The molecule has 20 heavy (non-hydrogen) atoms. The van der Waals surface area contributed by atoms with Crippen LogP contribution in [-0.4, -0.2) is 10.2 Å². The summed E-state index contributed by atoms with van der Waals surface area (Å²) in [6.45, 7) is 6.34. The van der Waals surface area contributed by atoms with Crippen molar-refractivity contribution >= 4 is 0 Å². The van der Waals surface area contributed by atoms with E-state index < -0.39 is 0 Å². The summed E-state index contributed by atoms with van der Waals surface area (Å²) in [5.74, 6) is -0.0783. The Morgan fingerprint density at radius 3 is 1.95 bits per heavy atom. The van der Waals surface area contributed by atoms with Crippen LogP contribution in [0.3, 0.4) is 0 Å². The molecule has 106 valence electrons. The summed E-state index contributed by atoms with van der Waals surface area (Å²) in [4.78, 5) is 0. The van der Waals surface area contributed by atoms with E-state index in [9.17, 15) is 10.2 Å².